The molecule has 0 aromatic heterocycles. The fourth-order valence-electron chi connectivity index (χ4n) is 4.20. The van der Waals surface area contributed by atoms with Crippen LogP contribution < -0.4 is 0 Å². The van der Waals surface area contributed by atoms with Gasteiger partial charge in [0.25, 0.3) is 0 Å². The van der Waals surface area contributed by atoms with Gasteiger partial charge in [-0.1, -0.05) is 134 Å². The van der Waals surface area contributed by atoms with Crippen LogP contribution in [0.15, 0.2) is 30.3 Å². The van der Waals surface area contributed by atoms with E-state index >= 15 is 0 Å². The van der Waals surface area contributed by atoms with Crippen LogP contribution in [-0.2, 0) is 13.9 Å². The van der Waals surface area contributed by atoms with Crippen molar-refractivity contribution in [2.24, 2.45) is 0 Å². The third kappa shape index (κ3) is 11.1. The molecular weight excluding hydrogens is 464 g/mol. The average molecular weight is 517 g/mol. The zero-order chi connectivity index (χ0) is 26.4. The molecule has 0 saturated carbocycles. The molecule has 1 fully saturated rings. The molecule has 1 aromatic carbocycles. The van der Waals surface area contributed by atoms with Crippen molar-refractivity contribution in [1.29, 1.82) is 0 Å². The van der Waals surface area contributed by atoms with Gasteiger partial charge < -0.3 is 19.0 Å². The Balaban J connectivity index is 1.85. The number of ether oxygens (including phenoxy) is 2. The van der Waals surface area contributed by atoms with Crippen molar-refractivity contribution in [3.05, 3.63) is 35.9 Å². The number of unbranched alkanes of at least 4 members (excludes halogenated alkanes) is 9. The summed E-state index contributed by atoms with van der Waals surface area (Å²) in [5.74, 6) is 6.17. The van der Waals surface area contributed by atoms with Crippen LogP contribution >= 0.6 is 0 Å². The smallest absolute Gasteiger partial charge is 0.192 e. The quantitative estimate of drug-likeness (QED) is 0.145. The third-order valence-corrected chi connectivity index (χ3v) is 12.1. The lowest BCUT2D eigenvalue weighted by atomic mass is 10.0. The average Bonchev–Trinajstić information content (AvgIpc) is 3.32. The third-order valence-electron chi connectivity index (χ3n) is 7.60. The highest BCUT2D eigenvalue weighted by atomic mass is 28.4. The molecule has 1 aliphatic heterocycles. The zero-order valence-corrected chi connectivity index (χ0v) is 24.9. The monoisotopic (exact) mass is 516 g/mol. The predicted molar refractivity (Wildman–Crippen MR) is 152 cm³/mol. The van der Waals surface area contributed by atoms with Crippen molar-refractivity contribution in [3.63, 3.8) is 0 Å². The van der Waals surface area contributed by atoms with Gasteiger partial charge in [0.05, 0.1) is 12.7 Å². The topological polar surface area (TPSA) is 47.9 Å². The molecule has 1 aliphatic rings. The maximum Gasteiger partial charge on any atom is 0.192 e. The molecule has 1 N–H and O–H groups in total. The lowest BCUT2D eigenvalue weighted by molar-refractivity contribution is -0.0522. The molecular formula is C31H52O4Si. The second-order valence-corrected chi connectivity index (χ2v) is 16.6. The molecule has 0 radical (unpaired) electrons. The molecule has 0 bridgehead atoms. The SMILES string of the molecule is CCCCCCCCCCCC[C@H](O[Si](C)(C)C(C)(C)C)[C@@H](O)C#C[C@H]1COC(c2ccccc2)O1. The molecule has 0 spiro atoms. The Morgan fingerprint density at radius 1 is 0.972 bits per heavy atom. The number of aliphatic hydroxyl groups is 1. The van der Waals surface area contributed by atoms with Crippen LogP contribution in [0.4, 0.5) is 0 Å². The van der Waals surface area contributed by atoms with E-state index in [2.05, 4.69) is 52.6 Å². The van der Waals surface area contributed by atoms with Crippen molar-refractivity contribution in [2.75, 3.05) is 6.61 Å². The molecule has 4 nitrogen and oxygen atoms in total. The maximum atomic E-state index is 11.1. The van der Waals surface area contributed by atoms with E-state index in [9.17, 15) is 5.11 Å². The first-order valence-corrected chi connectivity index (χ1v) is 17.2. The summed E-state index contributed by atoms with van der Waals surface area (Å²) < 4.78 is 18.4. The minimum absolute atomic E-state index is 0.0848. The van der Waals surface area contributed by atoms with Gasteiger partial charge >= 0.3 is 0 Å². The molecule has 204 valence electrons. The highest BCUT2D eigenvalue weighted by Gasteiger charge is 2.40. The number of hydrogen-bond donors (Lipinski definition) is 1. The molecule has 4 atom stereocenters. The van der Waals surface area contributed by atoms with E-state index in [0.29, 0.717) is 6.61 Å². The number of benzene rings is 1. The van der Waals surface area contributed by atoms with Crippen LogP contribution in [-0.4, -0.2) is 38.3 Å². The Morgan fingerprint density at radius 2 is 1.56 bits per heavy atom. The van der Waals surface area contributed by atoms with Gasteiger partial charge in [0, 0.05) is 5.56 Å². The normalized spacial score (nSPS) is 20.1. The summed E-state index contributed by atoms with van der Waals surface area (Å²) in [5.41, 5.74) is 0.988. The lowest BCUT2D eigenvalue weighted by Gasteiger charge is -2.40. The Hall–Kier alpha value is -1.16. The van der Waals surface area contributed by atoms with Crippen LogP contribution in [0, 0.1) is 11.8 Å². The molecule has 1 saturated heterocycles. The number of aliphatic hydroxyl groups excluding tert-OH is 1. The highest BCUT2D eigenvalue weighted by molar-refractivity contribution is 6.74. The molecule has 1 heterocycles. The lowest BCUT2D eigenvalue weighted by Crippen LogP contribution is -2.47. The maximum absolute atomic E-state index is 11.1. The molecule has 2 rings (SSSR count). The van der Waals surface area contributed by atoms with E-state index in [1.165, 1.54) is 57.8 Å². The van der Waals surface area contributed by atoms with Gasteiger partial charge in [-0.05, 0) is 24.6 Å². The minimum atomic E-state index is -2.03. The summed E-state index contributed by atoms with van der Waals surface area (Å²) in [4.78, 5) is 0. The van der Waals surface area contributed by atoms with E-state index in [-0.39, 0.29) is 17.2 Å². The van der Waals surface area contributed by atoms with Gasteiger partial charge in [0.2, 0.25) is 0 Å². The van der Waals surface area contributed by atoms with Gasteiger partial charge in [-0.2, -0.15) is 0 Å². The molecule has 0 aliphatic carbocycles. The standard InChI is InChI=1S/C31H52O4Si/c1-7-8-9-10-11-12-13-14-15-19-22-29(35-36(5,6)31(2,3)4)28(32)24-23-27-25-33-30(34-27)26-20-17-16-18-21-26/h16-18,20-21,27-30,32H,7-15,19,22,25H2,1-6H3/t27-,28-,29-,30?/m0/s1. The summed E-state index contributed by atoms with van der Waals surface area (Å²) in [5, 5.41) is 11.1. The van der Waals surface area contributed by atoms with Crippen molar-refractivity contribution in [1.82, 2.24) is 0 Å². The van der Waals surface area contributed by atoms with Gasteiger partial charge in [-0.15, -0.1) is 0 Å². The first kappa shape index (κ1) is 31.1. The molecule has 1 unspecified atom stereocenters. The highest BCUT2D eigenvalue weighted by Crippen LogP contribution is 2.38. The van der Waals surface area contributed by atoms with Gasteiger partial charge in [-0.3, -0.25) is 0 Å². The summed E-state index contributed by atoms with van der Waals surface area (Å²) in [6.07, 6.45) is 12.0. The second-order valence-electron chi connectivity index (χ2n) is 11.8. The van der Waals surface area contributed by atoms with Crippen molar-refractivity contribution in [3.8, 4) is 11.8 Å². The summed E-state index contributed by atoms with van der Waals surface area (Å²) >= 11 is 0. The van der Waals surface area contributed by atoms with Crippen molar-refractivity contribution >= 4 is 8.32 Å². The minimum Gasteiger partial charge on any atom is -0.410 e. The summed E-state index contributed by atoms with van der Waals surface area (Å²) in [6.45, 7) is 13.9. The van der Waals surface area contributed by atoms with Crippen molar-refractivity contribution in [2.45, 2.75) is 141 Å². The van der Waals surface area contributed by atoms with E-state index in [1.807, 2.05) is 30.3 Å². The molecule has 36 heavy (non-hydrogen) atoms. The van der Waals surface area contributed by atoms with Crippen LogP contribution in [0.3, 0.4) is 0 Å². The summed E-state index contributed by atoms with van der Waals surface area (Å²) in [6, 6.07) is 9.90. The Labute approximate surface area is 222 Å². The van der Waals surface area contributed by atoms with Gasteiger partial charge in [-0.25, -0.2) is 0 Å². The van der Waals surface area contributed by atoms with E-state index in [1.54, 1.807) is 0 Å². The largest absolute Gasteiger partial charge is 0.410 e. The van der Waals surface area contributed by atoms with E-state index < -0.39 is 20.7 Å². The van der Waals surface area contributed by atoms with Gasteiger partial charge in [0.15, 0.2) is 14.6 Å². The number of hydrogen-bond acceptors (Lipinski definition) is 4. The Bertz CT molecular complexity index is 777. The number of rotatable bonds is 15. The molecule has 1 aromatic rings. The summed E-state index contributed by atoms with van der Waals surface area (Å²) in [7, 11) is -2.03. The van der Waals surface area contributed by atoms with Crippen LogP contribution in [0.2, 0.25) is 18.1 Å². The van der Waals surface area contributed by atoms with E-state index in [4.69, 9.17) is 13.9 Å². The zero-order valence-electron chi connectivity index (χ0n) is 23.9. The van der Waals surface area contributed by atoms with E-state index in [0.717, 1.165) is 18.4 Å². The predicted octanol–water partition coefficient (Wildman–Crippen LogP) is 8.17. The van der Waals surface area contributed by atoms with Crippen molar-refractivity contribution < 1.29 is 19.0 Å². The van der Waals surface area contributed by atoms with Crippen LogP contribution in [0.1, 0.15) is 110 Å². The Morgan fingerprint density at radius 3 is 2.14 bits per heavy atom. The molecule has 0 amide bonds. The van der Waals surface area contributed by atoms with Crippen LogP contribution in [0.5, 0.6) is 0 Å². The molecule has 5 heteroatoms. The Kier molecular flexibility index (Phi) is 13.8. The van der Waals surface area contributed by atoms with Gasteiger partial charge in [0.1, 0.15) is 12.2 Å². The first-order valence-electron chi connectivity index (χ1n) is 14.3. The second kappa shape index (κ2) is 15.9. The van der Waals surface area contributed by atoms with Crippen LogP contribution in [0.25, 0.3) is 0 Å². The fourth-order valence-corrected chi connectivity index (χ4v) is 5.56. The first-order chi connectivity index (χ1) is 17.1. The fraction of sp³-hybridized carbons (Fsp3) is 0.742.